The molecule has 11 heteroatoms. The van der Waals surface area contributed by atoms with Gasteiger partial charge in [-0.2, -0.15) is 10.2 Å². The summed E-state index contributed by atoms with van der Waals surface area (Å²) in [5.41, 5.74) is 0.937. The van der Waals surface area contributed by atoms with Crippen LogP contribution >= 0.6 is 0 Å². The molecule has 0 bridgehead atoms. The highest BCUT2D eigenvalue weighted by Crippen LogP contribution is 2.40. The topological polar surface area (TPSA) is 147 Å². The molecule has 4 heterocycles. The van der Waals surface area contributed by atoms with Crippen LogP contribution in [0.25, 0.3) is 21.8 Å². The molecule has 2 fully saturated rings. The van der Waals surface area contributed by atoms with E-state index in [0.717, 1.165) is 72.6 Å². The Morgan fingerprint density at radius 1 is 1.07 bits per heavy atom. The maximum absolute atomic E-state index is 13.8. The van der Waals surface area contributed by atoms with Gasteiger partial charge in [0.2, 0.25) is 5.44 Å². The van der Waals surface area contributed by atoms with Gasteiger partial charge in [-0.05, 0) is 81.3 Å². The van der Waals surface area contributed by atoms with Gasteiger partial charge in [0.1, 0.15) is 11.4 Å². The van der Waals surface area contributed by atoms with Crippen molar-refractivity contribution >= 4 is 37.6 Å². The number of benzene rings is 1. The Labute approximate surface area is 232 Å². The fourth-order valence-electron chi connectivity index (χ4n) is 6.31. The first-order valence-electron chi connectivity index (χ1n) is 13.9. The molecule has 3 N–H and O–H groups in total. The zero-order valence-electron chi connectivity index (χ0n) is 22.1. The van der Waals surface area contributed by atoms with E-state index in [4.69, 9.17) is 4.74 Å². The second-order valence-electron chi connectivity index (χ2n) is 11.0. The number of pyridine rings is 1. The largest absolute Gasteiger partial charge is 0.478 e. The molecule has 1 saturated carbocycles. The number of hydrogen-bond acceptors (Lipinski definition) is 8. The van der Waals surface area contributed by atoms with E-state index in [9.17, 15) is 18.3 Å². The molecular formula is C29H33N5O5S. The number of rotatable bonds is 8. The van der Waals surface area contributed by atoms with Crippen LogP contribution in [0.5, 0.6) is 5.75 Å². The van der Waals surface area contributed by atoms with Gasteiger partial charge in [0.05, 0.1) is 23.2 Å². The number of carbonyl (C=O) groups is 1. The van der Waals surface area contributed by atoms with Crippen molar-refractivity contribution in [2.45, 2.75) is 49.9 Å². The number of aromatic nitrogens is 4. The second kappa shape index (κ2) is 11.1. The Bertz CT molecular complexity index is 1610. The summed E-state index contributed by atoms with van der Waals surface area (Å²) < 4.78 is 33.8. The smallest absolute Gasteiger partial charge is 0.335 e. The van der Waals surface area contributed by atoms with Crippen LogP contribution in [0.2, 0.25) is 0 Å². The van der Waals surface area contributed by atoms with Gasteiger partial charge >= 0.3 is 5.97 Å². The van der Waals surface area contributed by atoms with Gasteiger partial charge < -0.3 is 20.1 Å². The van der Waals surface area contributed by atoms with E-state index >= 15 is 0 Å². The number of H-pyrrole nitrogens is 1. The van der Waals surface area contributed by atoms with Crippen LogP contribution in [-0.4, -0.2) is 63.9 Å². The van der Waals surface area contributed by atoms with E-state index in [1.165, 1.54) is 24.3 Å². The molecule has 10 nitrogen and oxygen atoms in total. The van der Waals surface area contributed by atoms with E-state index < -0.39 is 21.2 Å². The van der Waals surface area contributed by atoms with E-state index in [1.807, 2.05) is 18.5 Å². The van der Waals surface area contributed by atoms with E-state index in [0.29, 0.717) is 12.3 Å². The van der Waals surface area contributed by atoms with Gasteiger partial charge in [0.25, 0.3) is 0 Å². The minimum atomic E-state index is -3.60. The van der Waals surface area contributed by atoms with Crippen LogP contribution in [0.15, 0.2) is 48.9 Å². The molecule has 1 saturated heterocycles. The lowest BCUT2D eigenvalue weighted by Crippen LogP contribution is -2.45. The van der Waals surface area contributed by atoms with Crippen LogP contribution in [0, 0.1) is 11.8 Å². The number of hydrogen-bond donors (Lipinski definition) is 3. The van der Waals surface area contributed by atoms with E-state index in [-0.39, 0.29) is 29.1 Å². The van der Waals surface area contributed by atoms with Crippen LogP contribution < -0.4 is 10.1 Å². The summed E-state index contributed by atoms with van der Waals surface area (Å²) in [6.07, 6.45) is 10.3. The molecule has 40 heavy (non-hydrogen) atoms. The van der Waals surface area contributed by atoms with Crippen LogP contribution in [-0.2, 0) is 9.84 Å². The number of fused-ring (bicyclic) bond motifs is 3. The van der Waals surface area contributed by atoms with Gasteiger partial charge in [0.15, 0.2) is 9.84 Å². The Kier molecular flexibility index (Phi) is 7.41. The van der Waals surface area contributed by atoms with Crippen molar-refractivity contribution < 1.29 is 23.1 Å². The van der Waals surface area contributed by atoms with Crippen molar-refractivity contribution in [2.75, 3.05) is 18.8 Å². The number of carboxylic acid groups (broad SMARTS) is 1. The molecule has 0 spiro atoms. The van der Waals surface area contributed by atoms with Crippen molar-refractivity contribution in [3.8, 4) is 5.75 Å². The van der Waals surface area contributed by atoms with Crippen molar-refractivity contribution in [3.63, 3.8) is 0 Å². The quantitative estimate of drug-likeness (QED) is 0.285. The third-order valence-corrected chi connectivity index (χ3v) is 10.5. The molecule has 1 aliphatic carbocycles. The highest BCUT2D eigenvalue weighted by atomic mass is 32.2. The number of ether oxygens (including phenoxy) is 1. The zero-order chi connectivity index (χ0) is 27.7. The summed E-state index contributed by atoms with van der Waals surface area (Å²) in [5, 5.41) is 24.3. The van der Waals surface area contributed by atoms with Gasteiger partial charge in [-0.15, -0.1) is 0 Å². The average molecular weight is 564 g/mol. The maximum atomic E-state index is 13.8. The maximum Gasteiger partial charge on any atom is 0.335 e. The first-order valence-corrected chi connectivity index (χ1v) is 15.6. The fourth-order valence-corrected chi connectivity index (χ4v) is 8.56. The van der Waals surface area contributed by atoms with Crippen LogP contribution in [0.4, 0.5) is 0 Å². The van der Waals surface area contributed by atoms with Gasteiger partial charge in [0, 0.05) is 46.9 Å². The molecule has 6 rings (SSSR count). The number of piperidine rings is 1. The molecule has 4 aromatic rings. The van der Waals surface area contributed by atoms with E-state index in [2.05, 4.69) is 25.5 Å². The van der Waals surface area contributed by atoms with Crippen molar-refractivity contribution in [3.05, 3.63) is 60.2 Å². The summed E-state index contributed by atoms with van der Waals surface area (Å²) in [5.74, 6) is -0.522. The van der Waals surface area contributed by atoms with Crippen molar-refractivity contribution in [1.82, 2.24) is 25.5 Å². The fraction of sp³-hybridized carbons (Fsp3) is 0.448. The predicted molar refractivity (Wildman–Crippen MR) is 151 cm³/mol. The second-order valence-corrected chi connectivity index (χ2v) is 13.2. The minimum absolute atomic E-state index is 0.0372. The van der Waals surface area contributed by atoms with Crippen LogP contribution in [0.3, 0.4) is 0 Å². The molecule has 1 aliphatic heterocycles. The number of carboxylic acids is 1. The Morgan fingerprint density at radius 3 is 2.60 bits per heavy atom. The molecule has 2 aliphatic rings. The molecule has 0 radical (unpaired) electrons. The van der Waals surface area contributed by atoms with E-state index in [1.54, 1.807) is 6.20 Å². The third-order valence-electron chi connectivity index (χ3n) is 8.36. The number of aromatic amines is 1. The monoisotopic (exact) mass is 563 g/mol. The van der Waals surface area contributed by atoms with Gasteiger partial charge in [-0.1, -0.05) is 0 Å². The lowest BCUT2D eigenvalue weighted by atomic mass is 9.80. The highest BCUT2D eigenvalue weighted by molar-refractivity contribution is 7.91. The van der Waals surface area contributed by atoms with Gasteiger partial charge in [-0.25, -0.2) is 18.2 Å². The summed E-state index contributed by atoms with van der Waals surface area (Å²) in [6, 6.07) is 7.97. The third kappa shape index (κ3) is 5.40. The zero-order valence-corrected chi connectivity index (χ0v) is 22.9. The molecule has 1 aromatic carbocycles. The summed E-state index contributed by atoms with van der Waals surface area (Å²) >= 11 is 0. The molecular weight excluding hydrogens is 530 g/mol. The Hall–Kier alpha value is -3.57. The number of nitrogens with one attached hydrogen (secondary N) is 2. The summed E-state index contributed by atoms with van der Waals surface area (Å²) in [4.78, 5) is 18.9. The first kappa shape index (κ1) is 26.6. The standard InChI is InChI=1S/C29H33N5O5S/c35-28(36)20-7-9-23(10-8-20)39-29(21-2-1-12-30-14-21)40(37,38)17-18-3-5-19(6-4-18)26-25-22(16-33-34-26)15-32-27-24(25)11-13-31-27/h7-11,13,15-16,18-19,21,29-30H,1-6,12,14,17H2,(H,31,32)(H,35,36). The number of nitrogens with zero attached hydrogens (tertiary/aromatic N) is 3. The number of sulfone groups is 1. The van der Waals surface area contributed by atoms with Crippen molar-refractivity contribution in [1.29, 1.82) is 0 Å². The average Bonchev–Trinajstić information content (AvgIpc) is 3.46. The summed E-state index contributed by atoms with van der Waals surface area (Å²) in [7, 11) is -3.60. The minimum Gasteiger partial charge on any atom is -0.478 e. The first-order chi connectivity index (χ1) is 19.4. The Balaban J connectivity index is 1.18. The molecule has 2 unspecified atom stereocenters. The predicted octanol–water partition coefficient (Wildman–Crippen LogP) is 4.30. The summed E-state index contributed by atoms with van der Waals surface area (Å²) in [6.45, 7) is 1.44. The van der Waals surface area contributed by atoms with Crippen LogP contribution in [0.1, 0.15) is 60.5 Å². The number of aromatic carboxylic acids is 1. The highest BCUT2D eigenvalue weighted by Gasteiger charge is 2.39. The lowest BCUT2D eigenvalue weighted by molar-refractivity contribution is 0.0696. The molecule has 0 amide bonds. The Morgan fingerprint density at radius 2 is 1.88 bits per heavy atom. The molecule has 210 valence electrons. The normalized spacial score (nSPS) is 22.8. The lowest BCUT2D eigenvalue weighted by Gasteiger charge is -2.33. The molecule has 2 atom stereocenters. The van der Waals surface area contributed by atoms with Gasteiger partial charge in [-0.3, -0.25) is 0 Å². The SMILES string of the molecule is O=C(O)c1ccc(OC(C2CCCNC2)S(=O)(=O)CC2CCC(c3nncc4cnc5[nH]ccc5c34)CC2)cc1. The van der Waals surface area contributed by atoms with Crippen molar-refractivity contribution in [2.24, 2.45) is 11.8 Å². The molecule has 3 aromatic heterocycles.